The van der Waals surface area contributed by atoms with Gasteiger partial charge < -0.3 is 14.8 Å². The smallest absolute Gasteiger partial charge is 0.235 e. The molecule has 0 aromatic heterocycles. The van der Waals surface area contributed by atoms with Crippen LogP contribution in [0.4, 0.5) is 15.8 Å². The molecule has 5 rings (SSSR count). The van der Waals surface area contributed by atoms with Crippen LogP contribution in [-0.4, -0.2) is 35.7 Å². The Balaban J connectivity index is 0.00000259. The number of carbonyl (C=O) groups is 1. The van der Waals surface area contributed by atoms with Gasteiger partial charge >= 0.3 is 0 Å². The molecule has 1 saturated carbocycles. The van der Waals surface area contributed by atoms with E-state index in [-0.39, 0.29) is 25.3 Å². The molecule has 0 bridgehead atoms. The number of carbonyl (C=O) groups excluding carboxylic acids is 1. The minimum atomic E-state index is -0.455. The van der Waals surface area contributed by atoms with Crippen LogP contribution in [0.2, 0.25) is 5.02 Å². The Bertz CT molecular complexity index is 1040. The van der Waals surface area contributed by atoms with Crippen LogP contribution in [0.15, 0.2) is 35.2 Å². The molecule has 1 spiro atoms. The fraction of sp³-hybridized carbons (Fsp3) is 0.458. The molecule has 1 amide bonds. The standard InChI is InChI=1S/C23H25ClFN3O2S2.CH4/c1-31-28-9-5-16(6-10-28)30-19-13-15(27-32-20-4-3-14(24)11-18(20)25)12-17-21(19)26-22(29)23(17)7-2-8-23;/h3-4,11-13,16,27H,2,5-10H2,1H3,(H,26,29);1H4. The molecule has 2 fully saturated rings. The summed E-state index contributed by atoms with van der Waals surface area (Å²) in [6.45, 7) is 1.96. The monoisotopic (exact) mass is 509 g/mol. The minimum absolute atomic E-state index is 0. The maximum atomic E-state index is 14.2. The lowest BCUT2D eigenvalue weighted by Crippen LogP contribution is -2.40. The van der Waals surface area contributed by atoms with Gasteiger partial charge in [-0.25, -0.2) is 4.39 Å². The molecule has 2 aromatic rings. The predicted octanol–water partition coefficient (Wildman–Crippen LogP) is 6.73. The third kappa shape index (κ3) is 4.67. The van der Waals surface area contributed by atoms with Crippen LogP contribution in [0.3, 0.4) is 0 Å². The Morgan fingerprint density at radius 3 is 2.64 bits per heavy atom. The number of anilines is 2. The van der Waals surface area contributed by atoms with E-state index in [1.165, 1.54) is 18.0 Å². The van der Waals surface area contributed by atoms with Crippen LogP contribution < -0.4 is 14.8 Å². The molecule has 1 saturated heterocycles. The molecule has 3 aliphatic rings. The first kappa shape index (κ1) is 24.5. The number of nitrogens with one attached hydrogen (secondary N) is 2. The fourth-order valence-electron chi connectivity index (χ4n) is 4.64. The minimum Gasteiger partial charge on any atom is -0.488 e. The molecule has 9 heteroatoms. The lowest BCUT2D eigenvalue weighted by Gasteiger charge is -2.36. The average molecular weight is 510 g/mol. The van der Waals surface area contributed by atoms with Crippen molar-refractivity contribution in [3.63, 3.8) is 0 Å². The Morgan fingerprint density at radius 2 is 2.00 bits per heavy atom. The number of ether oxygens (including phenoxy) is 1. The summed E-state index contributed by atoms with van der Waals surface area (Å²) in [6.07, 6.45) is 6.82. The van der Waals surface area contributed by atoms with Crippen LogP contribution in [0.25, 0.3) is 0 Å². The van der Waals surface area contributed by atoms with E-state index in [4.69, 9.17) is 16.3 Å². The number of piperidine rings is 1. The van der Waals surface area contributed by atoms with Gasteiger partial charge in [0.25, 0.3) is 0 Å². The highest BCUT2D eigenvalue weighted by molar-refractivity contribution is 8.00. The van der Waals surface area contributed by atoms with Crippen molar-refractivity contribution in [2.24, 2.45) is 0 Å². The largest absolute Gasteiger partial charge is 0.488 e. The quantitative estimate of drug-likeness (QED) is 0.421. The summed E-state index contributed by atoms with van der Waals surface area (Å²) in [5.41, 5.74) is 2.13. The van der Waals surface area contributed by atoms with Gasteiger partial charge in [0.05, 0.1) is 16.0 Å². The molecule has 2 heterocycles. The van der Waals surface area contributed by atoms with Crippen LogP contribution in [0, 0.1) is 5.82 Å². The number of amides is 1. The lowest BCUT2D eigenvalue weighted by molar-refractivity contribution is -0.123. The highest BCUT2D eigenvalue weighted by atomic mass is 35.5. The fourth-order valence-corrected chi connectivity index (χ4v) is 6.01. The first-order chi connectivity index (χ1) is 15.5. The Morgan fingerprint density at radius 1 is 1.24 bits per heavy atom. The molecule has 1 aliphatic carbocycles. The maximum Gasteiger partial charge on any atom is 0.235 e. The molecule has 5 nitrogen and oxygen atoms in total. The number of halogens is 2. The SMILES string of the molecule is C.CSN1CCC(Oc2cc(NSc3ccc(Cl)cc3F)cc3c2NC(=O)C32CCC2)CC1. The van der Waals surface area contributed by atoms with E-state index in [1.54, 1.807) is 24.1 Å². The van der Waals surface area contributed by atoms with E-state index >= 15 is 0 Å². The average Bonchev–Trinajstić information content (AvgIpc) is 3.06. The molecule has 2 aromatic carbocycles. The summed E-state index contributed by atoms with van der Waals surface area (Å²) in [5.74, 6) is 0.386. The van der Waals surface area contributed by atoms with Gasteiger partial charge in [-0.15, -0.1) is 0 Å². The van der Waals surface area contributed by atoms with Crippen LogP contribution in [0.5, 0.6) is 5.75 Å². The van der Waals surface area contributed by atoms with Gasteiger partial charge in [0.2, 0.25) is 5.91 Å². The van der Waals surface area contributed by atoms with E-state index in [9.17, 15) is 9.18 Å². The zero-order valence-corrected chi connectivity index (χ0v) is 20.1. The van der Waals surface area contributed by atoms with E-state index in [2.05, 4.69) is 20.6 Å². The molecule has 0 atom stereocenters. The maximum absolute atomic E-state index is 14.2. The van der Waals surface area contributed by atoms with Gasteiger partial charge in [-0.3, -0.25) is 9.10 Å². The molecule has 0 radical (unpaired) electrons. The second-order valence-corrected chi connectivity index (χ2v) is 10.7. The number of hydrogen-bond donors (Lipinski definition) is 2. The van der Waals surface area contributed by atoms with Gasteiger partial charge in [0.15, 0.2) is 0 Å². The summed E-state index contributed by atoms with van der Waals surface area (Å²) < 4.78 is 26.3. The van der Waals surface area contributed by atoms with E-state index in [0.29, 0.717) is 15.7 Å². The topological polar surface area (TPSA) is 53.6 Å². The normalized spacial score (nSPS) is 19.4. The highest BCUT2D eigenvalue weighted by Crippen LogP contribution is 2.54. The third-order valence-electron chi connectivity index (χ3n) is 6.62. The van der Waals surface area contributed by atoms with Gasteiger partial charge in [-0.05, 0) is 73.7 Å². The van der Waals surface area contributed by atoms with Crippen molar-refractivity contribution in [2.45, 2.75) is 55.9 Å². The second-order valence-electron chi connectivity index (χ2n) is 8.49. The summed E-state index contributed by atoms with van der Waals surface area (Å²) in [7, 11) is 0. The summed E-state index contributed by atoms with van der Waals surface area (Å²) >= 11 is 8.82. The van der Waals surface area contributed by atoms with E-state index in [1.807, 2.05) is 12.1 Å². The van der Waals surface area contributed by atoms with Gasteiger partial charge in [-0.1, -0.05) is 37.4 Å². The summed E-state index contributed by atoms with van der Waals surface area (Å²) in [4.78, 5) is 13.3. The van der Waals surface area contributed by atoms with Crippen LogP contribution in [-0.2, 0) is 10.2 Å². The van der Waals surface area contributed by atoms with Crippen molar-refractivity contribution in [2.75, 3.05) is 29.4 Å². The molecule has 0 unspecified atom stereocenters. The second kappa shape index (κ2) is 9.94. The van der Waals surface area contributed by atoms with Crippen LogP contribution >= 0.6 is 35.5 Å². The zero-order chi connectivity index (χ0) is 22.3. The van der Waals surface area contributed by atoms with E-state index in [0.717, 1.165) is 62.1 Å². The number of nitrogens with zero attached hydrogens (tertiary/aromatic N) is 1. The van der Waals surface area contributed by atoms with Crippen molar-refractivity contribution in [1.29, 1.82) is 0 Å². The molecular formula is C24H29ClFN3O2S2. The molecule has 178 valence electrons. The third-order valence-corrected chi connectivity index (χ3v) is 8.63. The molecule has 2 N–H and O–H groups in total. The van der Waals surface area contributed by atoms with E-state index < -0.39 is 5.41 Å². The number of rotatable bonds is 6. The number of fused-ring (bicyclic) bond motifs is 2. The molecule has 33 heavy (non-hydrogen) atoms. The first-order valence-electron chi connectivity index (χ1n) is 10.8. The van der Waals surface area contributed by atoms with Gasteiger partial charge in [-0.2, -0.15) is 0 Å². The lowest BCUT2D eigenvalue weighted by atomic mass is 9.65. The van der Waals surface area contributed by atoms with Crippen molar-refractivity contribution in [3.05, 3.63) is 46.7 Å². The first-order valence-corrected chi connectivity index (χ1v) is 13.2. The summed E-state index contributed by atoms with van der Waals surface area (Å²) in [5, 5.41) is 3.46. The van der Waals surface area contributed by atoms with Crippen molar-refractivity contribution >= 4 is 52.8 Å². The predicted molar refractivity (Wildman–Crippen MR) is 137 cm³/mol. The Hall–Kier alpha value is -1.61. The molecular weight excluding hydrogens is 481 g/mol. The van der Waals surface area contributed by atoms with Crippen molar-refractivity contribution < 1.29 is 13.9 Å². The Labute approximate surface area is 208 Å². The van der Waals surface area contributed by atoms with Gasteiger partial charge in [0, 0.05) is 29.9 Å². The van der Waals surface area contributed by atoms with Crippen molar-refractivity contribution in [1.82, 2.24) is 4.31 Å². The zero-order valence-electron chi connectivity index (χ0n) is 17.7. The molecule has 2 aliphatic heterocycles. The number of hydrogen-bond acceptors (Lipinski definition) is 6. The Kier molecular flexibility index (Phi) is 7.38. The van der Waals surface area contributed by atoms with Crippen molar-refractivity contribution in [3.8, 4) is 5.75 Å². The number of benzene rings is 2. The highest BCUT2D eigenvalue weighted by Gasteiger charge is 2.52. The van der Waals surface area contributed by atoms with Gasteiger partial charge in [0.1, 0.15) is 17.7 Å². The van der Waals surface area contributed by atoms with Crippen LogP contribution in [0.1, 0.15) is 45.1 Å². The summed E-state index contributed by atoms with van der Waals surface area (Å²) in [6, 6.07) is 8.54.